The zero-order valence-corrected chi connectivity index (χ0v) is 70.1. The van der Waals surface area contributed by atoms with Gasteiger partial charge in [0, 0.05) is 135 Å². The SMILES string of the molecule is Cc1cccc(-c2nc(-c3c(C)nn4ccccc34)sc2C2=NCC=N2)c1.Cc1nc2ccc(CN3CC[C@H](N)C3)cn2c1-c1nc(-c2ccccc2)c(-c2ncc[nH]2)s1.Cc1nn(C)c(C)c1-c1nc(-c2c(C)nn3ccccc23)sc1C1=NCC=N1.Cc1nn2ccccc2c1-c1nc(-c2cnn(Cc3cccnc3)c2)c(C2=NCC=N2)s1. The molecule has 0 aliphatic carbocycles. The van der Waals surface area contributed by atoms with Crippen molar-refractivity contribution in [1.29, 1.82) is 0 Å². The largest absolute Gasteiger partial charge is 0.344 e. The van der Waals surface area contributed by atoms with Gasteiger partial charge in [-0.2, -0.15) is 25.5 Å². The van der Waals surface area contributed by atoms with Crippen LogP contribution in [0.2, 0.25) is 0 Å². The van der Waals surface area contributed by atoms with E-state index in [2.05, 4.69) is 173 Å². The summed E-state index contributed by atoms with van der Waals surface area (Å²) in [6.07, 6.45) is 25.7. The first-order valence-electron chi connectivity index (χ1n) is 39.3. The molecule has 594 valence electrons. The van der Waals surface area contributed by atoms with Crippen molar-refractivity contribution in [2.24, 2.45) is 42.7 Å². The standard InChI is InChI=1S/C25H25N7S.C23H18N8S.C21H17N5S.C20H19N7S/c1-16-22(32-14-17(7-8-20(32)29-16)13-31-12-9-19(26)15-31)25-30-21(18-5-3-2-4-6-18)23(33-25)24-27-10-11-28-24;1-15-19(18-6-2-3-10-31(18)29-15)23-28-20(21(32-23)22-25-8-9-26-22)17-12-27-30(14-17)13-16-5-4-7-24-11-16;1-13-6-5-7-15(12-13)18-19(20-22-9-10-23-20)27-21(24-18)17-14(2)25-26-11-4-3-8-16(17)26;1-11-15(13(3)26(4)24-11)17-18(19-21-8-9-22-19)28-20(23-17)16-12(2)25-27-10-6-5-7-14(16)27/h2-8,10-11,14,19H,9,12-13,15,26H2,1H3,(H,27,28);2-8,10-12,14H,9,13H2,1H3;3-9,11-12H,10H2,1-2H3;5-8,10H,9H2,1-4H3/t19-;;;/m0.../s1. The minimum Gasteiger partial charge on any atom is -0.344 e. The maximum Gasteiger partial charge on any atom is 0.167 e. The lowest BCUT2D eigenvalue weighted by atomic mass is 10.1. The van der Waals surface area contributed by atoms with Gasteiger partial charge in [-0.1, -0.05) is 84.4 Å². The number of amidine groups is 3. The fraction of sp³-hybridized carbons (Fsp3) is 0.191. The lowest BCUT2D eigenvalue weighted by molar-refractivity contribution is 0.326. The van der Waals surface area contributed by atoms with E-state index in [1.54, 1.807) is 57.7 Å². The van der Waals surface area contributed by atoms with Gasteiger partial charge in [-0.25, -0.2) is 58.4 Å². The lowest BCUT2D eigenvalue weighted by Gasteiger charge is -2.15. The van der Waals surface area contributed by atoms with Crippen molar-refractivity contribution in [2.45, 2.75) is 74.0 Å². The number of nitrogens with one attached hydrogen (secondary N) is 1. The number of benzene rings is 2. The van der Waals surface area contributed by atoms with Crippen LogP contribution in [0.5, 0.6) is 0 Å². The van der Waals surface area contributed by atoms with Gasteiger partial charge < -0.3 is 10.7 Å². The number of H-pyrrole nitrogens is 1. The maximum absolute atomic E-state index is 6.11. The van der Waals surface area contributed by atoms with Crippen LogP contribution in [-0.2, 0) is 20.1 Å². The monoisotopic (exact) mass is 1650 g/mol. The number of thiazole rings is 4. The Balaban J connectivity index is 0.000000106. The number of hydrogen-bond donors (Lipinski definition) is 2. The van der Waals surface area contributed by atoms with Crippen molar-refractivity contribution in [2.75, 3.05) is 32.7 Å². The van der Waals surface area contributed by atoms with E-state index in [0.717, 1.165) is 218 Å². The fourth-order valence-electron chi connectivity index (χ4n) is 15.5. The van der Waals surface area contributed by atoms with Crippen LogP contribution < -0.4 is 5.73 Å². The number of hydrogen-bond acceptors (Lipinski definition) is 24. The Morgan fingerprint density at radius 3 is 1.56 bits per heavy atom. The second-order valence-electron chi connectivity index (χ2n) is 29.4. The van der Waals surface area contributed by atoms with E-state index in [0.29, 0.717) is 26.2 Å². The molecule has 0 amide bonds. The quantitative estimate of drug-likeness (QED) is 0.0909. The van der Waals surface area contributed by atoms with E-state index in [-0.39, 0.29) is 6.04 Å². The van der Waals surface area contributed by atoms with Crippen LogP contribution in [0.3, 0.4) is 0 Å². The third-order valence-electron chi connectivity index (χ3n) is 21.1. The van der Waals surface area contributed by atoms with Crippen LogP contribution >= 0.6 is 45.3 Å². The highest BCUT2D eigenvalue weighted by Gasteiger charge is 2.30. The van der Waals surface area contributed by atoms with Crippen molar-refractivity contribution < 1.29 is 0 Å². The summed E-state index contributed by atoms with van der Waals surface area (Å²) in [6, 6.07) is 45.4. The molecule has 22 rings (SSSR count). The summed E-state index contributed by atoms with van der Waals surface area (Å²) >= 11 is 6.49. The summed E-state index contributed by atoms with van der Waals surface area (Å²) in [6.45, 7) is 19.7. The van der Waals surface area contributed by atoms with E-state index in [9.17, 15) is 0 Å². The zero-order valence-electron chi connectivity index (χ0n) is 66.8. The van der Waals surface area contributed by atoms with E-state index >= 15 is 0 Å². The topological polar surface area (TPSA) is 301 Å². The predicted octanol–water partition coefficient (Wildman–Crippen LogP) is 16.4. The molecule has 16 aromatic heterocycles. The highest BCUT2D eigenvalue weighted by atomic mass is 32.1. The number of aromatic nitrogens is 19. The van der Waals surface area contributed by atoms with Crippen LogP contribution in [0.15, 0.2) is 225 Å². The molecule has 1 atom stereocenters. The number of fused-ring (bicyclic) bond motifs is 4. The first kappa shape index (κ1) is 76.4. The van der Waals surface area contributed by atoms with Crippen molar-refractivity contribution in [3.8, 4) is 98.1 Å². The van der Waals surface area contributed by atoms with Gasteiger partial charge in [-0.05, 0) is 121 Å². The van der Waals surface area contributed by atoms with Crippen molar-refractivity contribution in [3.63, 3.8) is 0 Å². The number of aromatic amines is 1. The third kappa shape index (κ3) is 15.1. The number of aliphatic imine (C=N–C) groups is 6. The minimum absolute atomic E-state index is 0.284. The molecule has 0 saturated carbocycles. The van der Waals surface area contributed by atoms with Gasteiger partial charge >= 0.3 is 0 Å². The molecule has 120 heavy (non-hydrogen) atoms. The average Bonchev–Trinajstić information content (AvgIpc) is 1.62. The molecule has 0 bridgehead atoms. The maximum atomic E-state index is 6.11. The van der Waals surface area contributed by atoms with Gasteiger partial charge in [-0.15, -0.1) is 45.3 Å². The summed E-state index contributed by atoms with van der Waals surface area (Å²) in [5.74, 6) is 3.06. The number of rotatable bonds is 16. The van der Waals surface area contributed by atoms with E-state index in [1.165, 1.54) is 11.1 Å². The summed E-state index contributed by atoms with van der Waals surface area (Å²) in [5.41, 5.74) is 31.5. The number of likely N-dealkylation sites (tertiary alicyclic amines) is 1. The summed E-state index contributed by atoms with van der Waals surface area (Å²) in [7, 11) is 1.96. The predicted molar refractivity (Wildman–Crippen MR) is 481 cm³/mol. The fourth-order valence-corrected chi connectivity index (χ4v) is 20.0. The third-order valence-corrected chi connectivity index (χ3v) is 25.3. The molecule has 27 nitrogen and oxygen atoms in total. The van der Waals surface area contributed by atoms with Crippen molar-refractivity contribution >= 4 is 104 Å². The minimum atomic E-state index is 0.284. The normalized spacial score (nSPS) is 14.3. The van der Waals surface area contributed by atoms with Gasteiger partial charge in [0.15, 0.2) is 17.5 Å². The molecule has 0 spiro atoms. The molecule has 4 aliphatic rings. The second-order valence-corrected chi connectivity index (χ2v) is 33.4. The molecule has 4 aliphatic heterocycles. The molecule has 1 fully saturated rings. The molecular formula is C89H79N27S4. The number of pyridine rings is 5. The number of imidazole rings is 2. The molecule has 0 unspecified atom stereocenters. The van der Waals surface area contributed by atoms with Gasteiger partial charge in [0.05, 0.1) is 136 Å². The number of nitrogens with two attached hydrogens (primary N) is 1. The molecule has 0 radical (unpaired) electrons. The van der Waals surface area contributed by atoms with E-state index in [1.807, 2.05) is 186 Å². The van der Waals surface area contributed by atoms with E-state index < -0.39 is 0 Å². The highest BCUT2D eigenvalue weighted by molar-refractivity contribution is 7.19. The molecular weight excluding hydrogens is 1580 g/mol. The molecule has 3 N–H and O–H groups in total. The van der Waals surface area contributed by atoms with Crippen LogP contribution in [0.4, 0.5) is 0 Å². The van der Waals surface area contributed by atoms with Crippen LogP contribution in [-0.4, -0.2) is 172 Å². The van der Waals surface area contributed by atoms with E-state index in [4.69, 9.17) is 30.7 Å². The lowest BCUT2D eigenvalue weighted by Crippen LogP contribution is -2.26. The zero-order chi connectivity index (χ0) is 81.6. The van der Waals surface area contributed by atoms with Gasteiger partial charge in [0.1, 0.15) is 37.2 Å². The molecule has 18 aromatic rings. The Hall–Kier alpha value is -13.6. The Bertz CT molecular complexity index is 7080. The molecule has 31 heteroatoms. The van der Waals surface area contributed by atoms with Gasteiger partial charge in [0.25, 0.3) is 0 Å². The summed E-state index contributed by atoms with van der Waals surface area (Å²) in [4.78, 5) is 70.5. The Labute approximate surface area is 705 Å². The first-order chi connectivity index (χ1) is 58.7. The Morgan fingerprint density at radius 2 is 1.02 bits per heavy atom. The molecule has 1 saturated heterocycles. The summed E-state index contributed by atoms with van der Waals surface area (Å²) in [5, 5.41) is 26.8. The first-order valence-corrected chi connectivity index (χ1v) is 42.5. The van der Waals surface area contributed by atoms with Crippen LogP contribution in [0, 0.1) is 48.5 Å². The van der Waals surface area contributed by atoms with Gasteiger partial charge in [-0.3, -0.25) is 38.6 Å². The molecule has 20 heterocycles. The Morgan fingerprint density at radius 1 is 0.475 bits per heavy atom. The van der Waals surface area contributed by atoms with Crippen LogP contribution in [0.1, 0.15) is 71.9 Å². The average molecular weight is 1660 g/mol. The smallest absolute Gasteiger partial charge is 0.167 e. The molecule has 2 aromatic carbocycles. The second kappa shape index (κ2) is 32.7. The van der Waals surface area contributed by atoms with Crippen molar-refractivity contribution in [3.05, 3.63) is 261 Å². The number of aryl methyl sites for hydroxylation is 7. The summed E-state index contributed by atoms with van der Waals surface area (Å²) < 4.78 is 11.7. The number of nitrogens with zero attached hydrogens (tertiary/aromatic N) is 25. The Kier molecular flexibility index (Phi) is 20.8. The van der Waals surface area contributed by atoms with Gasteiger partial charge in [0.2, 0.25) is 0 Å². The van der Waals surface area contributed by atoms with Crippen LogP contribution in [0.25, 0.3) is 120 Å². The van der Waals surface area contributed by atoms with Crippen molar-refractivity contribution in [1.82, 2.24) is 97.6 Å². The highest BCUT2D eigenvalue weighted by Crippen LogP contribution is 2.45.